The minimum atomic E-state index is 0.995. The van der Waals surface area contributed by atoms with Gasteiger partial charge in [-0.3, -0.25) is 0 Å². The fourth-order valence-corrected chi connectivity index (χ4v) is 4.20. The van der Waals surface area contributed by atoms with E-state index in [0.29, 0.717) is 0 Å². The molecule has 0 unspecified atom stereocenters. The molecule has 0 saturated carbocycles. The quantitative estimate of drug-likeness (QED) is 0.514. The van der Waals surface area contributed by atoms with E-state index < -0.39 is 0 Å². The number of para-hydroxylation sites is 1. The molecule has 0 bridgehead atoms. The highest BCUT2D eigenvalue weighted by atomic mass is 79.9. The molecular weight excluding hydrogens is 478 g/mol. The lowest BCUT2D eigenvalue weighted by Gasteiger charge is -2.12. The van der Waals surface area contributed by atoms with E-state index in [9.17, 15) is 0 Å². The van der Waals surface area contributed by atoms with Crippen molar-refractivity contribution in [1.29, 1.82) is 0 Å². The maximum absolute atomic E-state index is 3.54. The van der Waals surface area contributed by atoms with Gasteiger partial charge in [-0.1, -0.05) is 28.1 Å². The number of nitrogens with one attached hydrogen (secondary N) is 1. The highest BCUT2D eigenvalue weighted by Gasteiger charge is 2.08. The zero-order valence-electron chi connectivity index (χ0n) is 8.48. The van der Waals surface area contributed by atoms with Crippen molar-refractivity contribution < 1.29 is 0 Å². The molecule has 0 fully saturated rings. The number of halogens is 4. The van der Waals surface area contributed by atoms with Gasteiger partial charge in [0.15, 0.2) is 0 Å². The van der Waals surface area contributed by atoms with Crippen molar-refractivity contribution >= 4 is 75.1 Å². The SMILES string of the molecule is Brc1cc(Br)c(Nc2ccccc2Br)c(Br)c1. The maximum atomic E-state index is 3.54. The molecule has 17 heavy (non-hydrogen) atoms. The molecule has 1 nitrogen and oxygen atoms in total. The number of benzene rings is 2. The largest absolute Gasteiger partial charge is 0.353 e. The summed E-state index contributed by atoms with van der Waals surface area (Å²) in [6.45, 7) is 0. The second-order valence-electron chi connectivity index (χ2n) is 3.35. The number of hydrogen-bond donors (Lipinski definition) is 1. The normalized spacial score (nSPS) is 10.4. The monoisotopic (exact) mass is 481 g/mol. The van der Waals surface area contributed by atoms with Gasteiger partial charge in [-0.25, -0.2) is 0 Å². The summed E-state index contributed by atoms with van der Waals surface area (Å²) in [5.74, 6) is 0. The molecule has 0 radical (unpaired) electrons. The Balaban J connectivity index is 2.40. The van der Waals surface area contributed by atoms with Crippen molar-refractivity contribution in [2.24, 2.45) is 0 Å². The van der Waals surface area contributed by atoms with E-state index in [-0.39, 0.29) is 0 Å². The molecule has 88 valence electrons. The van der Waals surface area contributed by atoms with E-state index >= 15 is 0 Å². The summed E-state index contributed by atoms with van der Waals surface area (Å²) in [5, 5.41) is 3.37. The maximum Gasteiger partial charge on any atom is 0.0674 e. The molecule has 2 aromatic rings. The lowest BCUT2D eigenvalue weighted by molar-refractivity contribution is 1.47. The van der Waals surface area contributed by atoms with Crippen LogP contribution < -0.4 is 5.32 Å². The minimum absolute atomic E-state index is 0.995. The van der Waals surface area contributed by atoms with Gasteiger partial charge in [-0.15, -0.1) is 0 Å². The molecule has 0 saturated heterocycles. The topological polar surface area (TPSA) is 12.0 Å². The van der Waals surface area contributed by atoms with E-state index in [4.69, 9.17) is 0 Å². The molecule has 0 aromatic heterocycles. The second-order valence-corrected chi connectivity index (χ2v) is 6.83. The van der Waals surface area contributed by atoms with Crippen molar-refractivity contribution in [2.45, 2.75) is 0 Å². The Hall–Kier alpha value is 0.160. The first-order valence-electron chi connectivity index (χ1n) is 4.74. The number of rotatable bonds is 2. The zero-order valence-corrected chi connectivity index (χ0v) is 14.8. The summed E-state index contributed by atoms with van der Waals surface area (Å²) in [7, 11) is 0. The Labute approximate surface area is 134 Å². The van der Waals surface area contributed by atoms with Crippen molar-refractivity contribution in [3.05, 3.63) is 54.3 Å². The molecule has 1 N–H and O–H groups in total. The van der Waals surface area contributed by atoms with Crippen molar-refractivity contribution in [1.82, 2.24) is 0 Å². The number of hydrogen-bond acceptors (Lipinski definition) is 1. The van der Waals surface area contributed by atoms with Crippen LogP contribution in [0.25, 0.3) is 0 Å². The lowest BCUT2D eigenvalue weighted by Crippen LogP contribution is -1.93. The predicted molar refractivity (Wildman–Crippen MR) is 87.0 cm³/mol. The first-order valence-corrected chi connectivity index (χ1v) is 7.91. The van der Waals surface area contributed by atoms with Crippen LogP contribution in [0.1, 0.15) is 0 Å². The summed E-state index contributed by atoms with van der Waals surface area (Å²) >= 11 is 14.0. The molecule has 0 aliphatic rings. The second kappa shape index (κ2) is 5.87. The van der Waals surface area contributed by atoms with Crippen LogP contribution in [0.2, 0.25) is 0 Å². The van der Waals surface area contributed by atoms with Crippen LogP contribution in [0.3, 0.4) is 0 Å². The molecule has 0 spiro atoms. The third-order valence-electron chi connectivity index (χ3n) is 2.14. The van der Waals surface area contributed by atoms with Crippen LogP contribution in [0.5, 0.6) is 0 Å². The molecule has 0 heterocycles. The van der Waals surface area contributed by atoms with E-state index in [1.807, 2.05) is 36.4 Å². The Morgan fingerprint density at radius 2 is 1.35 bits per heavy atom. The molecule has 2 rings (SSSR count). The minimum Gasteiger partial charge on any atom is -0.353 e. The van der Waals surface area contributed by atoms with Crippen LogP contribution in [0, 0.1) is 0 Å². The molecule has 0 atom stereocenters. The highest BCUT2D eigenvalue weighted by Crippen LogP contribution is 2.37. The van der Waals surface area contributed by atoms with Crippen LogP contribution in [0.4, 0.5) is 11.4 Å². The molecule has 0 aliphatic heterocycles. The standard InChI is InChI=1S/C12H7Br4N/c13-7-5-9(15)12(10(16)6-7)17-11-4-2-1-3-8(11)14/h1-6,17H. The molecule has 0 aliphatic carbocycles. The summed E-state index contributed by atoms with van der Waals surface area (Å²) in [6.07, 6.45) is 0. The third kappa shape index (κ3) is 3.34. The van der Waals surface area contributed by atoms with Crippen molar-refractivity contribution in [3.8, 4) is 0 Å². The Kier molecular flexibility index (Phi) is 4.69. The average Bonchev–Trinajstić information content (AvgIpc) is 2.25. The van der Waals surface area contributed by atoms with E-state index in [0.717, 1.165) is 29.3 Å². The van der Waals surface area contributed by atoms with Gasteiger partial charge in [-0.05, 0) is 72.1 Å². The van der Waals surface area contributed by atoms with Crippen LogP contribution in [0.15, 0.2) is 54.3 Å². The van der Waals surface area contributed by atoms with Gasteiger partial charge in [0, 0.05) is 17.9 Å². The zero-order chi connectivity index (χ0) is 12.4. The van der Waals surface area contributed by atoms with Gasteiger partial charge in [-0.2, -0.15) is 0 Å². The summed E-state index contributed by atoms with van der Waals surface area (Å²) in [5.41, 5.74) is 2.02. The van der Waals surface area contributed by atoms with Gasteiger partial charge in [0.1, 0.15) is 0 Å². The Morgan fingerprint density at radius 3 is 1.94 bits per heavy atom. The summed E-state index contributed by atoms with van der Waals surface area (Å²) < 4.78 is 4.04. The molecular formula is C12H7Br4N. The Bertz CT molecular complexity index is 531. The first kappa shape index (κ1) is 13.6. The molecule has 5 heteroatoms. The van der Waals surface area contributed by atoms with Crippen molar-refractivity contribution in [2.75, 3.05) is 5.32 Å². The third-order valence-corrected chi connectivity index (χ3v) is 4.54. The van der Waals surface area contributed by atoms with Gasteiger partial charge in [0.05, 0.1) is 11.4 Å². The smallest absolute Gasteiger partial charge is 0.0674 e. The van der Waals surface area contributed by atoms with Crippen LogP contribution in [-0.2, 0) is 0 Å². The van der Waals surface area contributed by atoms with E-state index in [2.05, 4.69) is 69.0 Å². The summed E-state index contributed by atoms with van der Waals surface area (Å²) in [4.78, 5) is 0. The van der Waals surface area contributed by atoms with E-state index in [1.54, 1.807) is 0 Å². The van der Waals surface area contributed by atoms with Gasteiger partial charge in [0.2, 0.25) is 0 Å². The van der Waals surface area contributed by atoms with Gasteiger partial charge in [0.25, 0.3) is 0 Å². The average molecular weight is 485 g/mol. The van der Waals surface area contributed by atoms with Crippen LogP contribution in [-0.4, -0.2) is 0 Å². The molecule has 0 amide bonds. The van der Waals surface area contributed by atoms with Gasteiger partial charge >= 0.3 is 0 Å². The number of anilines is 2. The first-order chi connectivity index (χ1) is 8.08. The fraction of sp³-hybridized carbons (Fsp3) is 0. The van der Waals surface area contributed by atoms with Gasteiger partial charge < -0.3 is 5.32 Å². The summed E-state index contributed by atoms with van der Waals surface area (Å²) in [6, 6.07) is 12.0. The van der Waals surface area contributed by atoms with Crippen LogP contribution >= 0.6 is 63.7 Å². The molecule has 2 aromatic carbocycles. The highest BCUT2D eigenvalue weighted by molar-refractivity contribution is 9.11. The Morgan fingerprint density at radius 1 is 0.765 bits per heavy atom. The lowest BCUT2D eigenvalue weighted by atomic mass is 10.3. The predicted octanol–water partition coefficient (Wildman–Crippen LogP) is 6.48. The van der Waals surface area contributed by atoms with Crippen molar-refractivity contribution in [3.63, 3.8) is 0 Å². The van der Waals surface area contributed by atoms with E-state index in [1.165, 1.54) is 0 Å². The fourth-order valence-electron chi connectivity index (χ4n) is 1.36.